The van der Waals surface area contributed by atoms with Gasteiger partial charge in [0.2, 0.25) is 0 Å². The van der Waals surface area contributed by atoms with Crippen LogP contribution in [0.1, 0.15) is 11.3 Å². The zero-order valence-corrected chi connectivity index (χ0v) is 17.9. The molecule has 0 radical (unpaired) electrons. The van der Waals surface area contributed by atoms with Crippen molar-refractivity contribution < 1.29 is 32.2 Å². The Bertz CT molecular complexity index is 1070. The van der Waals surface area contributed by atoms with Crippen molar-refractivity contribution in [2.45, 2.75) is 19.7 Å². The van der Waals surface area contributed by atoms with Crippen LogP contribution in [0.15, 0.2) is 60.8 Å². The number of amides is 2. The molecule has 0 aliphatic heterocycles. The van der Waals surface area contributed by atoms with Crippen molar-refractivity contribution in [3.63, 3.8) is 0 Å². The number of carbonyl (C=O) groups is 1. The first kappa shape index (κ1) is 23.7. The SMILES string of the molecule is COc1ccc(NC(=O)Nc2ccc(OCc3nccc(OCC(F)(F)F)c3C)cc2)cc1. The molecule has 174 valence electrons. The van der Waals surface area contributed by atoms with E-state index >= 15 is 0 Å². The van der Waals surface area contributed by atoms with Crippen LogP contribution in [0.4, 0.5) is 29.3 Å². The van der Waals surface area contributed by atoms with Crippen molar-refractivity contribution in [1.82, 2.24) is 4.98 Å². The molecule has 0 unspecified atom stereocenters. The predicted molar refractivity (Wildman–Crippen MR) is 117 cm³/mol. The maximum Gasteiger partial charge on any atom is 0.422 e. The quantitative estimate of drug-likeness (QED) is 0.459. The number of hydrogen-bond acceptors (Lipinski definition) is 5. The molecule has 2 amide bonds. The average Bonchev–Trinajstić information content (AvgIpc) is 2.78. The van der Waals surface area contributed by atoms with Crippen LogP contribution in [0.5, 0.6) is 17.2 Å². The molecule has 10 heteroatoms. The van der Waals surface area contributed by atoms with Gasteiger partial charge in [-0.2, -0.15) is 13.2 Å². The molecule has 33 heavy (non-hydrogen) atoms. The molecule has 2 aromatic carbocycles. The van der Waals surface area contributed by atoms with Gasteiger partial charge >= 0.3 is 12.2 Å². The van der Waals surface area contributed by atoms with E-state index in [1.54, 1.807) is 62.6 Å². The van der Waals surface area contributed by atoms with E-state index in [4.69, 9.17) is 14.2 Å². The number of benzene rings is 2. The molecule has 0 spiro atoms. The van der Waals surface area contributed by atoms with Gasteiger partial charge in [-0.25, -0.2) is 4.79 Å². The minimum atomic E-state index is -4.42. The molecular weight excluding hydrogens is 439 g/mol. The van der Waals surface area contributed by atoms with Crippen molar-refractivity contribution in [1.29, 1.82) is 0 Å². The number of hydrogen-bond donors (Lipinski definition) is 2. The molecule has 0 saturated heterocycles. The Kier molecular flexibility index (Phi) is 7.60. The van der Waals surface area contributed by atoms with Gasteiger partial charge in [0.25, 0.3) is 0 Å². The van der Waals surface area contributed by atoms with E-state index in [1.807, 2.05) is 0 Å². The summed E-state index contributed by atoms with van der Waals surface area (Å²) in [5.74, 6) is 1.28. The summed E-state index contributed by atoms with van der Waals surface area (Å²) in [5, 5.41) is 5.41. The van der Waals surface area contributed by atoms with Crippen LogP contribution in [-0.4, -0.2) is 30.9 Å². The third-order valence-electron chi connectivity index (χ3n) is 4.49. The minimum Gasteiger partial charge on any atom is -0.497 e. The summed E-state index contributed by atoms with van der Waals surface area (Å²) in [7, 11) is 1.56. The van der Waals surface area contributed by atoms with Crippen molar-refractivity contribution in [2.75, 3.05) is 24.4 Å². The number of nitrogens with zero attached hydrogens (tertiary/aromatic N) is 1. The summed E-state index contributed by atoms with van der Waals surface area (Å²) in [6.07, 6.45) is -3.06. The molecule has 0 aliphatic carbocycles. The molecular formula is C23H22F3N3O4. The molecule has 0 saturated carbocycles. The Morgan fingerprint density at radius 2 is 1.48 bits per heavy atom. The summed E-state index contributed by atoms with van der Waals surface area (Å²) in [6, 6.07) is 14.5. The van der Waals surface area contributed by atoms with E-state index in [0.717, 1.165) is 0 Å². The minimum absolute atomic E-state index is 0.0415. The number of anilines is 2. The monoisotopic (exact) mass is 461 g/mol. The van der Waals surface area contributed by atoms with Gasteiger partial charge in [-0.1, -0.05) is 0 Å². The molecule has 1 heterocycles. The lowest BCUT2D eigenvalue weighted by molar-refractivity contribution is -0.153. The van der Waals surface area contributed by atoms with Crippen molar-refractivity contribution >= 4 is 17.4 Å². The van der Waals surface area contributed by atoms with Crippen LogP contribution in [0.25, 0.3) is 0 Å². The van der Waals surface area contributed by atoms with Crippen molar-refractivity contribution in [2.24, 2.45) is 0 Å². The fourth-order valence-corrected chi connectivity index (χ4v) is 2.77. The van der Waals surface area contributed by atoms with Crippen LogP contribution in [0.2, 0.25) is 0 Å². The van der Waals surface area contributed by atoms with Crippen LogP contribution in [0.3, 0.4) is 0 Å². The van der Waals surface area contributed by atoms with Crippen LogP contribution in [-0.2, 0) is 6.61 Å². The molecule has 3 rings (SSSR count). The van der Waals surface area contributed by atoms with E-state index in [0.29, 0.717) is 34.1 Å². The first-order valence-electron chi connectivity index (χ1n) is 9.82. The highest BCUT2D eigenvalue weighted by Gasteiger charge is 2.28. The van der Waals surface area contributed by atoms with Crippen LogP contribution in [0, 0.1) is 6.92 Å². The van der Waals surface area contributed by atoms with Gasteiger partial charge in [0, 0.05) is 23.1 Å². The maximum absolute atomic E-state index is 12.4. The fraction of sp³-hybridized carbons (Fsp3) is 0.217. The molecule has 7 nitrogen and oxygen atoms in total. The van der Waals surface area contributed by atoms with Crippen LogP contribution < -0.4 is 24.8 Å². The van der Waals surface area contributed by atoms with Crippen molar-refractivity contribution in [3.05, 3.63) is 72.1 Å². The zero-order chi connectivity index (χ0) is 23.8. The van der Waals surface area contributed by atoms with Gasteiger partial charge in [0.1, 0.15) is 23.9 Å². The second-order valence-electron chi connectivity index (χ2n) is 6.91. The number of halogens is 3. The lowest BCUT2D eigenvalue weighted by Gasteiger charge is -2.14. The van der Waals surface area contributed by atoms with E-state index in [-0.39, 0.29) is 12.4 Å². The zero-order valence-electron chi connectivity index (χ0n) is 17.9. The number of pyridine rings is 1. The smallest absolute Gasteiger partial charge is 0.422 e. The van der Waals surface area contributed by atoms with Crippen LogP contribution >= 0.6 is 0 Å². The Morgan fingerprint density at radius 3 is 2.03 bits per heavy atom. The normalized spacial score (nSPS) is 10.9. The summed E-state index contributed by atoms with van der Waals surface area (Å²) >= 11 is 0. The summed E-state index contributed by atoms with van der Waals surface area (Å²) in [6.45, 7) is 0.282. The van der Waals surface area contributed by atoms with E-state index in [9.17, 15) is 18.0 Å². The lowest BCUT2D eigenvalue weighted by atomic mass is 10.2. The Hall–Kier alpha value is -3.95. The molecule has 0 atom stereocenters. The number of nitrogens with one attached hydrogen (secondary N) is 2. The first-order valence-corrected chi connectivity index (χ1v) is 9.82. The highest BCUT2D eigenvalue weighted by Crippen LogP contribution is 2.24. The Morgan fingerprint density at radius 1 is 0.909 bits per heavy atom. The molecule has 0 aliphatic rings. The van der Waals surface area contributed by atoms with Gasteiger partial charge in [-0.05, 0) is 61.5 Å². The number of carbonyl (C=O) groups excluding carboxylic acids is 1. The van der Waals surface area contributed by atoms with E-state index in [1.165, 1.54) is 12.3 Å². The molecule has 0 bridgehead atoms. The number of alkyl halides is 3. The van der Waals surface area contributed by atoms with Crippen molar-refractivity contribution in [3.8, 4) is 17.2 Å². The standard InChI is InChI=1S/C23H22F3N3O4/c1-15-20(27-12-11-21(15)33-14-23(24,25)26)13-32-19-9-5-17(6-10-19)29-22(30)28-16-3-7-18(31-2)8-4-16/h3-12H,13-14H2,1-2H3,(H2,28,29,30). The summed E-state index contributed by atoms with van der Waals surface area (Å²) < 4.78 is 52.7. The van der Waals surface area contributed by atoms with Gasteiger partial charge in [-0.15, -0.1) is 0 Å². The van der Waals surface area contributed by atoms with Gasteiger partial charge in [0.15, 0.2) is 6.61 Å². The number of urea groups is 1. The third-order valence-corrected chi connectivity index (χ3v) is 4.49. The molecule has 1 aromatic heterocycles. The Labute approximate surface area is 188 Å². The van der Waals surface area contributed by atoms with Gasteiger partial charge in [0.05, 0.1) is 12.8 Å². The highest BCUT2D eigenvalue weighted by molar-refractivity contribution is 5.99. The lowest BCUT2D eigenvalue weighted by Crippen LogP contribution is -2.20. The first-order chi connectivity index (χ1) is 15.7. The van der Waals surface area contributed by atoms with Gasteiger partial charge in [-0.3, -0.25) is 4.98 Å². The number of rotatable bonds is 8. The number of aromatic nitrogens is 1. The number of methoxy groups -OCH3 is 1. The average molecular weight is 461 g/mol. The third kappa shape index (κ3) is 7.30. The Balaban J connectivity index is 1.52. The largest absolute Gasteiger partial charge is 0.497 e. The molecule has 3 aromatic rings. The summed E-state index contributed by atoms with van der Waals surface area (Å²) in [5.41, 5.74) is 2.08. The maximum atomic E-state index is 12.4. The fourth-order valence-electron chi connectivity index (χ4n) is 2.77. The van der Waals surface area contributed by atoms with Gasteiger partial charge < -0.3 is 24.8 Å². The molecule has 0 fully saturated rings. The van der Waals surface area contributed by atoms with E-state index < -0.39 is 18.8 Å². The predicted octanol–water partition coefficient (Wildman–Crippen LogP) is 5.56. The molecule has 2 N–H and O–H groups in total. The van der Waals surface area contributed by atoms with E-state index in [2.05, 4.69) is 15.6 Å². The topological polar surface area (TPSA) is 81.7 Å². The summed E-state index contributed by atoms with van der Waals surface area (Å²) in [4.78, 5) is 16.3. The second kappa shape index (κ2) is 10.6. The highest BCUT2D eigenvalue weighted by atomic mass is 19.4. The second-order valence-corrected chi connectivity index (χ2v) is 6.91. The number of ether oxygens (including phenoxy) is 3.